The lowest BCUT2D eigenvalue weighted by Gasteiger charge is -2.31. The highest BCUT2D eigenvalue weighted by Gasteiger charge is 2.22. The van der Waals surface area contributed by atoms with Crippen LogP contribution in [0.5, 0.6) is 0 Å². The summed E-state index contributed by atoms with van der Waals surface area (Å²) in [5, 5.41) is 6.15. The summed E-state index contributed by atoms with van der Waals surface area (Å²) in [6.07, 6.45) is 4.17. The number of nitrogens with zero attached hydrogens (tertiary/aromatic N) is 3. The maximum Gasteiger partial charge on any atom is 0.228 e. The van der Waals surface area contributed by atoms with Crippen molar-refractivity contribution in [2.75, 3.05) is 20.1 Å². The van der Waals surface area contributed by atoms with Crippen molar-refractivity contribution >= 4 is 42.1 Å². The second-order valence-electron chi connectivity index (χ2n) is 5.52. The van der Waals surface area contributed by atoms with E-state index in [1.165, 1.54) is 11.3 Å². The Balaban J connectivity index is 0.00000144. The Morgan fingerprint density at radius 3 is 2.75 bits per heavy atom. The molecule has 1 aliphatic rings. The summed E-state index contributed by atoms with van der Waals surface area (Å²) >= 11 is 1.54. The molecule has 1 aliphatic heterocycles. The molecule has 2 aromatic rings. The van der Waals surface area contributed by atoms with Crippen LogP contribution >= 0.6 is 36.2 Å². The maximum absolute atomic E-state index is 12.4. The zero-order valence-electron chi connectivity index (χ0n) is 13.5. The van der Waals surface area contributed by atoms with Crippen LogP contribution in [0.2, 0.25) is 0 Å². The molecule has 1 fully saturated rings. The van der Waals surface area contributed by atoms with Gasteiger partial charge in [-0.2, -0.15) is 0 Å². The molecule has 0 saturated carbocycles. The fourth-order valence-corrected chi connectivity index (χ4v) is 3.47. The van der Waals surface area contributed by atoms with Gasteiger partial charge in [-0.1, -0.05) is 6.07 Å². The van der Waals surface area contributed by atoms with Crippen molar-refractivity contribution in [3.63, 3.8) is 0 Å². The third kappa shape index (κ3) is 5.14. The van der Waals surface area contributed by atoms with Crippen molar-refractivity contribution in [3.05, 3.63) is 35.5 Å². The molecule has 132 valence electrons. The molecule has 24 heavy (non-hydrogen) atoms. The molecule has 1 N–H and O–H groups in total. The van der Waals surface area contributed by atoms with E-state index in [-0.39, 0.29) is 30.7 Å². The van der Waals surface area contributed by atoms with E-state index >= 15 is 0 Å². The van der Waals surface area contributed by atoms with Crippen molar-refractivity contribution < 1.29 is 4.79 Å². The summed E-state index contributed by atoms with van der Waals surface area (Å²) in [4.78, 5) is 23.1. The first-order valence-electron chi connectivity index (χ1n) is 7.56. The normalized spacial score (nSPS) is 14.4. The quantitative estimate of drug-likeness (QED) is 0.874. The van der Waals surface area contributed by atoms with Crippen molar-refractivity contribution in [2.45, 2.75) is 25.3 Å². The molecular weight excluding hydrogens is 367 g/mol. The molecule has 0 radical (unpaired) electrons. The molecule has 0 aromatic carbocycles. The highest BCUT2D eigenvalue weighted by Crippen LogP contribution is 2.22. The number of pyridine rings is 1. The van der Waals surface area contributed by atoms with Crippen LogP contribution in [0.1, 0.15) is 18.5 Å². The van der Waals surface area contributed by atoms with Crippen LogP contribution in [0.25, 0.3) is 10.7 Å². The van der Waals surface area contributed by atoms with Crippen LogP contribution in [0, 0.1) is 0 Å². The first kappa shape index (κ1) is 20.8. The molecule has 1 amide bonds. The summed E-state index contributed by atoms with van der Waals surface area (Å²) in [5.41, 5.74) is 1.69. The highest BCUT2D eigenvalue weighted by molar-refractivity contribution is 7.13. The molecule has 8 heteroatoms. The molecular formula is C16H22Cl2N4OS. The standard InChI is InChI=1S/C16H20N4OS.2ClH/c1-20(13-5-8-17-9-6-13)15(21)10-12-11-22-16(19-12)14-4-2-3-7-18-14;;/h2-4,7,11,13,17H,5-6,8-10H2,1H3;2*1H. The van der Waals surface area contributed by atoms with Crippen molar-refractivity contribution in [1.29, 1.82) is 0 Å². The van der Waals surface area contributed by atoms with E-state index in [9.17, 15) is 4.79 Å². The number of rotatable bonds is 4. The van der Waals surface area contributed by atoms with Crippen LogP contribution < -0.4 is 5.32 Å². The number of halogens is 2. The molecule has 5 nitrogen and oxygen atoms in total. The van der Waals surface area contributed by atoms with Crippen molar-refractivity contribution in [3.8, 4) is 10.7 Å². The van der Waals surface area contributed by atoms with Gasteiger partial charge in [0.15, 0.2) is 0 Å². The summed E-state index contributed by atoms with van der Waals surface area (Å²) in [5.74, 6) is 0.143. The number of nitrogens with one attached hydrogen (secondary N) is 1. The van der Waals surface area contributed by atoms with E-state index in [1.807, 2.05) is 35.5 Å². The van der Waals surface area contributed by atoms with Gasteiger partial charge in [-0.15, -0.1) is 36.2 Å². The summed E-state index contributed by atoms with van der Waals surface area (Å²) in [7, 11) is 1.91. The molecule has 0 spiro atoms. The van der Waals surface area contributed by atoms with Crippen LogP contribution in [0.4, 0.5) is 0 Å². The van der Waals surface area contributed by atoms with E-state index in [4.69, 9.17) is 0 Å². The fraction of sp³-hybridized carbons (Fsp3) is 0.438. The first-order chi connectivity index (χ1) is 10.7. The summed E-state index contributed by atoms with van der Waals surface area (Å²) < 4.78 is 0. The molecule has 3 heterocycles. The van der Waals surface area contributed by atoms with E-state index in [0.717, 1.165) is 42.3 Å². The molecule has 2 aromatic heterocycles. The van der Waals surface area contributed by atoms with Gasteiger partial charge in [-0.3, -0.25) is 9.78 Å². The molecule has 1 saturated heterocycles. The van der Waals surface area contributed by atoms with Gasteiger partial charge in [0.1, 0.15) is 5.01 Å². The fourth-order valence-electron chi connectivity index (χ4n) is 2.67. The maximum atomic E-state index is 12.4. The monoisotopic (exact) mass is 388 g/mol. The van der Waals surface area contributed by atoms with Gasteiger partial charge in [0.2, 0.25) is 5.91 Å². The number of carbonyl (C=O) groups is 1. The number of piperidine rings is 1. The lowest BCUT2D eigenvalue weighted by atomic mass is 10.0. The molecule has 0 aliphatic carbocycles. The Hall–Kier alpha value is -1.21. The molecule has 0 atom stereocenters. The number of carbonyl (C=O) groups excluding carboxylic acids is 1. The Morgan fingerprint density at radius 1 is 1.33 bits per heavy atom. The topological polar surface area (TPSA) is 58.1 Å². The minimum atomic E-state index is 0. The number of thiazole rings is 1. The van der Waals surface area contributed by atoms with E-state index in [1.54, 1.807) is 6.20 Å². The summed E-state index contributed by atoms with van der Waals surface area (Å²) in [6.45, 7) is 1.98. The Labute approximate surface area is 158 Å². The Kier molecular flexibility index (Phi) is 8.62. The average Bonchev–Trinajstić information content (AvgIpc) is 3.04. The van der Waals surface area contributed by atoms with Gasteiger partial charge in [0.05, 0.1) is 17.8 Å². The number of likely N-dealkylation sites (N-methyl/N-ethyl adjacent to an activating group) is 1. The van der Waals surface area contributed by atoms with Crippen LogP contribution in [-0.4, -0.2) is 47.0 Å². The molecule has 0 bridgehead atoms. The van der Waals surface area contributed by atoms with Crippen LogP contribution in [0.15, 0.2) is 29.8 Å². The van der Waals surface area contributed by atoms with Crippen molar-refractivity contribution in [1.82, 2.24) is 20.2 Å². The second kappa shape index (κ2) is 9.93. The minimum absolute atomic E-state index is 0. The van der Waals surface area contributed by atoms with E-state index in [2.05, 4.69) is 15.3 Å². The lowest BCUT2D eigenvalue weighted by Crippen LogP contribution is -2.44. The zero-order chi connectivity index (χ0) is 15.4. The third-order valence-corrected chi connectivity index (χ3v) is 4.93. The number of amides is 1. The predicted octanol–water partition coefficient (Wildman–Crippen LogP) is 2.80. The molecule has 3 rings (SSSR count). The lowest BCUT2D eigenvalue weighted by molar-refractivity contribution is -0.131. The Bertz CT molecular complexity index is 632. The van der Waals surface area contributed by atoms with Gasteiger partial charge >= 0.3 is 0 Å². The SMILES string of the molecule is CN(C(=O)Cc1csc(-c2ccccn2)n1)C1CCNCC1.Cl.Cl. The van der Waals surface area contributed by atoms with Gasteiger partial charge in [-0.25, -0.2) is 4.98 Å². The van der Waals surface area contributed by atoms with Gasteiger partial charge in [0.25, 0.3) is 0 Å². The largest absolute Gasteiger partial charge is 0.342 e. The smallest absolute Gasteiger partial charge is 0.228 e. The van der Waals surface area contributed by atoms with Gasteiger partial charge < -0.3 is 10.2 Å². The average molecular weight is 389 g/mol. The van der Waals surface area contributed by atoms with E-state index in [0.29, 0.717) is 12.5 Å². The van der Waals surface area contributed by atoms with Gasteiger partial charge in [0, 0.05) is 24.7 Å². The predicted molar refractivity (Wildman–Crippen MR) is 102 cm³/mol. The van der Waals surface area contributed by atoms with Crippen LogP contribution in [-0.2, 0) is 11.2 Å². The summed E-state index contributed by atoms with van der Waals surface area (Å²) in [6, 6.07) is 6.11. The van der Waals surface area contributed by atoms with Gasteiger partial charge in [-0.05, 0) is 38.1 Å². The van der Waals surface area contributed by atoms with Crippen molar-refractivity contribution in [2.24, 2.45) is 0 Å². The Morgan fingerprint density at radius 2 is 2.08 bits per heavy atom. The zero-order valence-corrected chi connectivity index (χ0v) is 15.9. The first-order valence-corrected chi connectivity index (χ1v) is 8.44. The third-order valence-electron chi connectivity index (χ3n) is 4.02. The minimum Gasteiger partial charge on any atom is -0.342 e. The number of aromatic nitrogens is 2. The number of hydrogen-bond acceptors (Lipinski definition) is 5. The second-order valence-corrected chi connectivity index (χ2v) is 6.38. The van der Waals surface area contributed by atoms with E-state index < -0.39 is 0 Å². The molecule has 0 unspecified atom stereocenters. The highest BCUT2D eigenvalue weighted by atomic mass is 35.5. The van der Waals surface area contributed by atoms with Crippen LogP contribution in [0.3, 0.4) is 0 Å². The number of hydrogen-bond donors (Lipinski definition) is 1.